The first-order chi connectivity index (χ1) is 9.88. The van der Waals surface area contributed by atoms with Crippen LogP contribution in [0.3, 0.4) is 0 Å². The van der Waals surface area contributed by atoms with E-state index in [9.17, 15) is 18.0 Å². The predicted molar refractivity (Wildman–Crippen MR) is 69.8 cm³/mol. The fraction of sp³-hybridized carbons (Fsp3) is 0.154. The predicted octanol–water partition coefficient (Wildman–Crippen LogP) is 2.50. The van der Waals surface area contributed by atoms with Gasteiger partial charge in [0.25, 0.3) is 5.91 Å². The number of nitrogens with one attached hydrogen (secondary N) is 2. The van der Waals surface area contributed by atoms with E-state index >= 15 is 0 Å². The highest BCUT2D eigenvalue weighted by atomic mass is 19.4. The number of nitrogens with zero attached hydrogens (tertiary/aromatic N) is 2. The van der Waals surface area contributed by atoms with Crippen LogP contribution >= 0.6 is 0 Å². The number of hydrogen-bond donors (Lipinski definition) is 2. The molecule has 21 heavy (non-hydrogen) atoms. The van der Waals surface area contributed by atoms with E-state index < -0.39 is 17.6 Å². The third-order valence-corrected chi connectivity index (χ3v) is 2.57. The van der Waals surface area contributed by atoms with Crippen molar-refractivity contribution in [1.29, 1.82) is 0 Å². The molecular weight excluding hydrogens is 285 g/mol. The lowest BCUT2D eigenvalue weighted by Crippen LogP contribution is -2.18. The molecule has 0 bridgehead atoms. The fourth-order valence-electron chi connectivity index (χ4n) is 1.62. The Kier molecular flexibility index (Phi) is 4.06. The minimum absolute atomic E-state index is 0.105. The zero-order valence-electron chi connectivity index (χ0n) is 10.9. The van der Waals surface area contributed by atoms with Crippen molar-refractivity contribution >= 4 is 12.1 Å². The minimum Gasteiger partial charge on any atom is -0.282 e. The minimum atomic E-state index is -4.48. The SMILES string of the molecule is Cc1cc(C(=O)NN=Cc2ccccc2C(F)(F)F)n[nH]1. The van der Waals surface area contributed by atoms with Gasteiger partial charge in [0, 0.05) is 11.3 Å². The second-order valence-electron chi connectivity index (χ2n) is 4.22. The van der Waals surface area contributed by atoms with Crippen molar-refractivity contribution in [3.8, 4) is 0 Å². The Balaban J connectivity index is 2.10. The molecule has 0 fully saturated rings. The monoisotopic (exact) mass is 296 g/mol. The molecule has 0 aliphatic carbocycles. The van der Waals surface area contributed by atoms with Crippen LogP contribution in [0.5, 0.6) is 0 Å². The Labute approximate surface area is 117 Å². The molecule has 2 rings (SSSR count). The number of hydrazone groups is 1. The number of aryl methyl sites for hydroxylation is 1. The standard InChI is InChI=1S/C13H11F3N4O/c1-8-6-11(19-18-8)12(21)20-17-7-9-4-2-3-5-10(9)13(14,15)16/h2-7H,1H3,(H,18,19)(H,20,21). The molecule has 2 aromatic rings. The maximum absolute atomic E-state index is 12.7. The van der Waals surface area contributed by atoms with E-state index in [1.807, 2.05) is 0 Å². The summed E-state index contributed by atoms with van der Waals surface area (Å²) in [4.78, 5) is 11.6. The first kappa shape index (κ1) is 14.8. The zero-order chi connectivity index (χ0) is 15.5. The maximum Gasteiger partial charge on any atom is 0.417 e. The number of benzene rings is 1. The van der Waals surface area contributed by atoms with E-state index in [4.69, 9.17) is 0 Å². The lowest BCUT2D eigenvalue weighted by Gasteiger charge is -2.08. The normalized spacial score (nSPS) is 11.8. The van der Waals surface area contributed by atoms with Gasteiger partial charge in [-0.15, -0.1) is 0 Å². The van der Waals surface area contributed by atoms with E-state index in [1.165, 1.54) is 24.3 Å². The second kappa shape index (κ2) is 5.78. The highest BCUT2D eigenvalue weighted by Crippen LogP contribution is 2.30. The quantitative estimate of drug-likeness (QED) is 0.675. The first-order valence-electron chi connectivity index (χ1n) is 5.89. The van der Waals surface area contributed by atoms with Crippen LogP contribution in [0, 0.1) is 6.92 Å². The molecule has 0 saturated carbocycles. The smallest absolute Gasteiger partial charge is 0.282 e. The molecule has 1 aromatic carbocycles. The summed E-state index contributed by atoms with van der Waals surface area (Å²) in [6.07, 6.45) is -3.54. The molecule has 5 nitrogen and oxygen atoms in total. The van der Waals surface area contributed by atoms with Crippen molar-refractivity contribution in [2.75, 3.05) is 0 Å². The van der Waals surface area contributed by atoms with Crippen LogP contribution in [0.15, 0.2) is 35.4 Å². The summed E-state index contributed by atoms with van der Waals surface area (Å²) in [6, 6.07) is 6.44. The average molecular weight is 296 g/mol. The van der Waals surface area contributed by atoms with Gasteiger partial charge in [0.15, 0.2) is 5.69 Å². The Morgan fingerprint density at radius 1 is 1.38 bits per heavy atom. The topological polar surface area (TPSA) is 70.1 Å². The number of halogens is 3. The van der Waals surface area contributed by atoms with Crippen LogP contribution in [0.1, 0.15) is 27.3 Å². The van der Waals surface area contributed by atoms with Gasteiger partial charge in [-0.2, -0.15) is 23.4 Å². The molecule has 0 saturated heterocycles. The number of hydrogen-bond acceptors (Lipinski definition) is 3. The average Bonchev–Trinajstić information content (AvgIpc) is 2.85. The van der Waals surface area contributed by atoms with Gasteiger partial charge in [-0.1, -0.05) is 18.2 Å². The summed E-state index contributed by atoms with van der Waals surface area (Å²) in [5.41, 5.74) is 1.96. The van der Waals surface area contributed by atoms with E-state index in [-0.39, 0.29) is 11.3 Å². The zero-order valence-corrected chi connectivity index (χ0v) is 10.9. The Morgan fingerprint density at radius 3 is 2.71 bits per heavy atom. The third kappa shape index (κ3) is 3.68. The molecular formula is C13H11F3N4O. The van der Waals surface area contributed by atoms with Gasteiger partial charge in [-0.25, -0.2) is 5.43 Å². The van der Waals surface area contributed by atoms with Crippen LogP contribution in [-0.4, -0.2) is 22.3 Å². The number of H-pyrrole nitrogens is 1. The van der Waals surface area contributed by atoms with Gasteiger partial charge in [0.2, 0.25) is 0 Å². The number of aromatic amines is 1. The van der Waals surface area contributed by atoms with E-state index in [1.54, 1.807) is 6.92 Å². The second-order valence-corrected chi connectivity index (χ2v) is 4.22. The first-order valence-corrected chi connectivity index (χ1v) is 5.89. The van der Waals surface area contributed by atoms with E-state index in [0.717, 1.165) is 12.3 Å². The van der Waals surface area contributed by atoms with Crippen molar-refractivity contribution in [2.24, 2.45) is 5.10 Å². The maximum atomic E-state index is 12.7. The molecule has 8 heteroatoms. The van der Waals surface area contributed by atoms with Crippen molar-refractivity contribution in [3.05, 3.63) is 52.8 Å². The summed E-state index contributed by atoms with van der Waals surface area (Å²) >= 11 is 0. The number of carbonyl (C=O) groups is 1. The largest absolute Gasteiger partial charge is 0.417 e. The van der Waals surface area contributed by atoms with Crippen molar-refractivity contribution in [2.45, 2.75) is 13.1 Å². The molecule has 110 valence electrons. The molecule has 1 heterocycles. The number of carbonyl (C=O) groups excluding carboxylic acids is 1. The van der Waals surface area contributed by atoms with Crippen LogP contribution in [0.4, 0.5) is 13.2 Å². The summed E-state index contributed by atoms with van der Waals surface area (Å²) < 4.78 is 38.2. The van der Waals surface area contributed by atoms with E-state index in [2.05, 4.69) is 20.7 Å². The molecule has 1 amide bonds. The molecule has 0 aliphatic heterocycles. The summed E-state index contributed by atoms with van der Waals surface area (Å²) in [5, 5.41) is 9.81. The van der Waals surface area contributed by atoms with E-state index in [0.29, 0.717) is 5.69 Å². The van der Waals surface area contributed by atoms with Gasteiger partial charge >= 0.3 is 6.18 Å². The van der Waals surface area contributed by atoms with Gasteiger partial charge in [0.05, 0.1) is 11.8 Å². The van der Waals surface area contributed by atoms with Gasteiger partial charge in [0.1, 0.15) is 0 Å². The van der Waals surface area contributed by atoms with Gasteiger partial charge in [-0.3, -0.25) is 9.89 Å². The Morgan fingerprint density at radius 2 is 2.10 bits per heavy atom. The highest BCUT2D eigenvalue weighted by Gasteiger charge is 2.32. The number of amides is 1. The molecule has 0 aliphatic rings. The lowest BCUT2D eigenvalue weighted by atomic mass is 10.1. The summed E-state index contributed by atoms with van der Waals surface area (Å²) in [5.74, 6) is -0.611. The van der Waals surface area contributed by atoms with Crippen molar-refractivity contribution < 1.29 is 18.0 Å². The molecule has 0 unspecified atom stereocenters. The number of rotatable bonds is 3. The lowest BCUT2D eigenvalue weighted by molar-refractivity contribution is -0.137. The molecule has 0 atom stereocenters. The van der Waals surface area contributed by atoms with Gasteiger partial charge < -0.3 is 0 Å². The molecule has 0 radical (unpaired) electrons. The van der Waals surface area contributed by atoms with Crippen molar-refractivity contribution in [3.63, 3.8) is 0 Å². The highest BCUT2D eigenvalue weighted by molar-refractivity contribution is 5.93. The van der Waals surface area contributed by atoms with Crippen LogP contribution in [0.25, 0.3) is 0 Å². The van der Waals surface area contributed by atoms with Gasteiger partial charge in [-0.05, 0) is 19.1 Å². The summed E-state index contributed by atoms with van der Waals surface area (Å²) in [6.45, 7) is 1.71. The summed E-state index contributed by atoms with van der Waals surface area (Å²) in [7, 11) is 0. The van der Waals surface area contributed by atoms with Crippen LogP contribution in [-0.2, 0) is 6.18 Å². The molecule has 1 aromatic heterocycles. The Hall–Kier alpha value is -2.64. The van der Waals surface area contributed by atoms with Crippen LogP contribution < -0.4 is 5.43 Å². The molecule has 2 N–H and O–H groups in total. The molecule has 0 spiro atoms. The van der Waals surface area contributed by atoms with Crippen molar-refractivity contribution in [1.82, 2.24) is 15.6 Å². The van der Waals surface area contributed by atoms with Crippen LogP contribution in [0.2, 0.25) is 0 Å². The Bertz CT molecular complexity index is 676. The number of alkyl halides is 3. The number of aromatic nitrogens is 2. The fourth-order valence-corrected chi connectivity index (χ4v) is 1.62. The third-order valence-electron chi connectivity index (χ3n) is 2.57.